The molecule has 1 aromatic heterocycles. The van der Waals surface area contributed by atoms with Crippen LogP contribution in [0.5, 0.6) is 0 Å². The van der Waals surface area contributed by atoms with Crippen molar-refractivity contribution in [2.75, 3.05) is 0 Å². The molecule has 2 heteroatoms. The number of ketones is 1. The Morgan fingerprint density at radius 1 is 1.58 bits per heavy atom. The van der Waals surface area contributed by atoms with Crippen LogP contribution in [0.25, 0.3) is 0 Å². The number of allylic oxidation sites excluding steroid dienone is 2. The molecule has 1 aromatic rings. The van der Waals surface area contributed by atoms with Crippen molar-refractivity contribution in [3.8, 4) is 0 Å². The number of hydrogen-bond acceptors (Lipinski definition) is 2. The summed E-state index contributed by atoms with van der Waals surface area (Å²) in [5, 5.41) is 1.93. The number of thiophene rings is 1. The maximum absolute atomic E-state index is 11.3. The third-order valence-electron chi connectivity index (χ3n) is 1.50. The van der Waals surface area contributed by atoms with Crippen LogP contribution >= 0.6 is 11.3 Å². The summed E-state index contributed by atoms with van der Waals surface area (Å²) < 4.78 is 0. The normalized spacial score (nSPS) is 10.8. The molecule has 0 amide bonds. The Hall–Kier alpha value is -0.890. The third kappa shape index (κ3) is 2.62. The lowest BCUT2D eigenvalue weighted by Crippen LogP contribution is -1.91. The van der Waals surface area contributed by atoms with Crippen molar-refractivity contribution in [3.63, 3.8) is 0 Å². The highest BCUT2D eigenvalue weighted by atomic mass is 32.1. The Kier molecular flexibility index (Phi) is 3.74. The van der Waals surface area contributed by atoms with Crippen LogP contribution in [0.1, 0.15) is 29.4 Å². The molecule has 0 fully saturated rings. The minimum atomic E-state index is 0.217. The van der Waals surface area contributed by atoms with E-state index in [2.05, 4.69) is 6.92 Å². The molecule has 1 rings (SSSR count). The first-order valence-corrected chi connectivity index (χ1v) is 4.94. The van der Waals surface area contributed by atoms with E-state index < -0.39 is 0 Å². The molecule has 0 aliphatic heterocycles. The second kappa shape index (κ2) is 4.88. The SMILES string of the molecule is CCC=CCC(=O)c1cccs1. The van der Waals surface area contributed by atoms with Crippen molar-refractivity contribution in [2.24, 2.45) is 0 Å². The molecular weight excluding hydrogens is 168 g/mol. The number of Topliss-reactive ketones (excluding diaryl/α,β-unsaturated/α-hetero) is 1. The summed E-state index contributed by atoms with van der Waals surface area (Å²) in [5.74, 6) is 0.217. The van der Waals surface area contributed by atoms with Gasteiger partial charge in [-0.05, 0) is 17.9 Å². The first-order valence-electron chi connectivity index (χ1n) is 4.06. The van der Waals surface area contributed by atoms with Gasteiger partial charge in [0.05, 0.1) is 4.88 Å². The zero-order chi connectivity index (χ0) is 8.81. The Labute approximate surface area is 76.7 Å². The van der Waals surface area contributed by atoms with Gasteiger partial charge in [-0.3, -0.25) is 4.79 Å². The molecule has 0 saturated carbocycles. The first-order chi connectivity index (χ1) is 5.84. The average Bonchev–Trinajstić information content (AvgIpc) is 2.56. The van der Waals surface area contributed by atoms with E-state index in [1.807, 2.05) is 29.7 Å². The lowest BCUT2D eigenvalue weighted by atomic mass is 10.2. The van der Waals surface area contributed by atoms with Gasteiger partial charge in [-0.1, -0.05) is 25.1 Å². The monoisotopic (exact) mass is 180 g/mol. The van der Waals surface area contributed by atoms with E-state index in [-0.39, 0.29) is 5.78 Å². The highest BCUT2D eigenvalue weighted by Crippen LogP contribution is 2.11. The topological polar surface area (TPSA) is 17.1 Å². The van der Waals surface area contributed by atoms with Gasteiger partial charge in [0.15, 0.2) is 5.78 Å². The van der Waals surface area contributed by atoms with Crippen LogP contribution in [0.4, 0.5) is 0 Å². The molecule has 0 spiro atoms. The number of hydrogen-bond donors (Lipinski definition) is 0. The molecule has 0 aliphatic carbocycles. The van der Waals surface area contributed by atoms with Crippen LogP contribution < -0.4 is 0 Å². The summed E-state index contributed by atoms with van der Waals surface area (Å²) >= 11 is 1.51. The zero-order valence-corrected chi connectivity index (χ0v) is 7.93. The van der Waals surface area contributed by atoms with Crippen molar-refractivity contribution >= 4 is 17.1 Å². The van der Waals surface area contributed by atoms with E-state index in [9.17, 15) is 4.79 Å². The molecule has 0 aliphatic rings. The minimum Gasteiger partial charge on any atom is -0.293 e. The van der Waals surface area contributed by atoms with Gasteiger partial charge in [0.25, 0.3) is 0 Å². The number of rotatable bonds is 4. The maximum atomic E-state index is 11.3. The predicted molar refractivity (Wildman–Crippen MR) is 52.7 cm³/mol. The second-order valence-corrected chi connectivity index (χ2v) is 3.43. The fourth-order valence-corrected chi connectivity index (χ4v) is 1.57. The van der Waals surface area contributed by atoms with Crippen LogP contribution in [0.3, 0.4) is 0 Å². The van der Waals surface area contributed by atoms with Gasteiger partial charge < -0.3 is 0 Å². The summed E-state index contributed by atoms with van der Waals surface area (Å²) in [4.78, 5) is 12.2. The number of carbonyl (C=O) groups is 1. The predicted octanol–water partition coefficient (Wildman–Crippen LogP) is 3.29. The Morgan fingerprint density at radius 3 is 3.00 bits per heavy atom. The lowest BCUT2D eigenvalue weighted by Gasteiger charge is -1.89. The molecule has 0 atom stereocenters. The fourth-order valence-electron chi connectivity index (χ4n) is 0.895. The molecule has 0 N–H and O–H groups in total. The molecule has 12 heavy (non-hydrogen) atoms. The van der Waals surface area contributed by atoms with Crippen molar-refractivity contribution in [1.29, 1.82) is 0 Å². The van der Waals surface area contributed by atoms with Crippen LogP contribution in [0.15, 0.2) is 29.7 Å². The van der Waals surface area contributed by atoms with E-state index in [0.29, 0.717) is 6.42 Å². The summed E-state index contributed by atoms with van der Waals surface area (Å²) in [6, 6.07) is 3.77. The Balaban J connectivity index is 2.45. The standard InChI is InChI=1S/C10H12OS/c1-2-3-4-6-9(11)10-7-5-8-12-10/h3-5,7-8H,2,6H2,1H3. The van der Waals surface area contributed by atoms with Crippen LogP contribution in [-0.4, -0.2) is 5.78 Å². The molecule has 1 heterocycles. The van der Waals surface area contributed by atoms with Crippen molar-refractivity contribution < 1.29 is 4.79 Å². The van der Waals surface area contributed by atoms with Crippen LogP contribution in [-0.2, 0) is 0 Å². The van der Waals surface area contributed by atoms with Gasteiger partial charge in [-0.25, -0.2) is 0 Å². The lowest BCUT2D eigenvalue weighted by molar-refractivity contribution is 0.0999. The first kappa shape index (κ1) is 9.20. The van der Waals surface area contributed by atoms with E-state index in [0.717, 1.165) is 11.3 Å². The van der Waals surface area contributed by atoms with E-state index in [1.165, 1.54) is 11.3 Å². The maximum Gasteiger partial charge on any atom is 0.176 e. The van der Waals surface area contributed by atoms with Gasteiger partial charge in [-0.15, -0.1) is 11.3 Å². The summed E-state index contributed by atoms with van der Waals surface area (Å²) in [7, 11) is 0. The Bertz CT molecular complexity index is 259. The van der Waals surface area contributed by atoms with Crippen molar-refractivity contribution in [3.05, 3.63) is 34.5 Å². The molecule has 1 nitrogen and oxygen atoms in total. The molecule has 0 unspecified atom stereocenters. The second-order valence-electron chi connectivity index (χ2n) is 2.48. The van der Waals surface area contributed by atoms with E-state index in [1.54, 1.807) is 0 Å². The Morgan fingerprint density at radius 2 is 2.42 bits per heavy atom. The van der Waals surface area contributed by atoms with Crippen LogP contribution in [0.2, 0.25) is 0 Å². The largest absolute Gasteiger partial charge is 0.293 e. The van der Waals surface area contributed by atoms with Crippen LogP contribution in [0, 0.1) is 0 Å². The highest BCUT2D eigenvalue weighted by molar-refractivity contribution is 7.12. The van der Waals surface area contributed by atoms with Crippen molar-refractivity contribution in [2.45, 2.75) is 19.8 Å². The molecule has 0 aromatic carbocycles. The van der Waals surface area contributed by atoms with Gasteiger partial charge in [0, 0.05) is 6.42 Å². The summed E-state index contributed by atoms with van der Waals surface area (Å²) in [6.45, 7) is 2.06. The van der Waals surface area contributed by atoms with Crippen molar-refractivity contribution in [1.82, 2.24) is 0 Å². The molecule has 0 radical (unpaired) electrons. The summed E-state index contributed by atoms with van der Waals surface area (Å²) in [6.07, 6.45) is 5.49. The average molecular weight is 180 g/mol. The molecule has 0 bridgehead atoms. The fraction of sp³-hybridized carbons (Fsp3) is 0.300. The van der Waals surface area contributed by atoms with Gasteiger partial charge in [0.2, 0.25) is 0 Å². The molecule has 64 valence electrons. The summed E-state index contributed by atoms with van der Waals surface area (Å²) in [5.41, 5.74) is 0. The van der Waals surface area contributed by atoms with Gasteiger partial charge >= 0.3 is 0 Å². The third-order valence-corrected chi connectivity index (χ3v) is 2.41. The minimum absolute atomic E-state index is 0.217. The quantitative estimate of drug-likeness (QED) is 0.513. The number of carbonyl (C=O) groups excluding carboxylic acids is 1. The van der Waals surface area contributed by atoms with E-state index >= 15 is 0 Å². The molecule has 0 saturated heterocycles. The molecular formula is C10H12OS. The van der Waals surface area contributed by atoms with Gasteiger partial charge in [0.1, 0.15) is 0 Å². The smallest absolute Gasteiger partial charge is 0.176 e. The van der Waals surface area contributed by atoms with E-state index in [4.69, 9.17) is 0 Å². The van der Waals surface area contributed by atoms with Gasteiger partial charge in [-0.2, -0.15) is 0 Å². The highest BCUT2D eigenvalue weighted by Gasteiger charge is 2.02. The zero-order valence-electron chi connectivity index (χ0n) is 7.12.